The fraction of sp³-hybridized carbons (Fsp3) is 0.0909. The Bertz CT molecular complexity index is 490. The zero-order chi connectivity index (χ0) is 11.5. The van der Waals surface area contributed by atoms with Gasteiger partial charge in [-0.25, -0.2) is 9.97 Å². The number of hydrogen-bond donors (Lipinski definition) is 1. The number of hydrogen-bond acceptors (Lipinski definition) is 3. The van der Waals surface area contributed by atoms with E-state index in [0.29, 0.717) is 5.02 Å². The van der Waals surface area contributed by atoms with Crippen LogP contribution in [0.15, 0.2) is 41.4 Å². The molecular formula is C11H9BrClN3. The monoisotopic (exact) mass is 297 g/mol. The Morgan fingerprint density at radius 1 is 1.25 bits per heavy atom. The fourth-order valence-corrected chi connectivity index (χ4v) is 2.02. The van der Waals surface area contributed by atoms with Crippen LogP contribution in [0.1, 0.15) is 17.2 Å². The zero-order valence-corrected chi connectivity index (χ0v) is 10.6. The van der Waals surface area contributed by atoms with Crippen molar-refractivity contribution in [3.63, 3.8) is 0 Å². The molecule has 2 N–H and O–H groups in total. The van der Waals surface area contributed by atoms with Gasteiger partial charge in [-0.1, -0.05) is 27.5 Å². The van der Waals surface area contributed by atoms with Gasteiger partial charge in [0.25, 0.3) is 0 Å². The third-order valence-corrected chi connectivity index (χ3v) is 3.07. The minimum atomic E-state index is -0.314. The molecule has 5 heteroatoms. The molecule has 0 aliphatic rings. The van der Waals surface area contributed by atoms with Gasteiger partial charge in [-0.15, -0.1) is 0 Å². The first-order valence-corrected chi connectivity index (χ1v) is 5.81. The van der Waals surface area contributed by atoms with Crippen LogP contribution in [0.25, 0.3) is 0 Å². The minimum absolute atomic E-state index is 0.314. The van der Waals surface area contributed by atoms with E-state index in [-0.39, 0.29) is 6.04 Å². The van der Waals surface area contributed by atoms with Crippen molar-refractivity contribution < 1.29 is 0 Å². The van der Waals surface area contributed by atoms with Gasteiger partial charge in [-0.05, 0) is 23.8 Å². The van der Waals surface area contributed by atoms with Crippen LogP contribution in [-0.2, 0) is 0 Å². The molecule has 1 unspecified atom stereocenters. The molecule has 2 aromatic rings. The molecule has 0 spiro atoms. The van der Waals surface area contributed by atoms with Crippen molar-refractivity contribution in [1.82, 2.24) is 9.97 Å². The number of halogens is 2. The highest BCUT2D eigenvalue weighted by Gasteiger charge is 2.13. The predicted molar refractivity (Wildman–Crippen MR) is 67.2 cm³/mol. The average Bonchev–Trinajstić information content (AvgIpc) is 2.32. The maximum atomic E-state index is 6.10. The van der Waals surface area contributed by atoms with Gasteiger partial charge in [-0.3, -0.25) is 0 Å². The van der Waals surface area contributed by atoms with E-state index in [1.54, 1.807) is 12.4 Å². The molecule has 1 aromatic heterocycles. The Kier molecular flexibility index (Phi) is 3.53. The van der Waals surface area contributed by atoms with Crippen molar-refractivity contribution in [3.05, 3.63) is 57.5 Å². The van der Waals surface area contributed by atoms with E-state index in [0.717, 1.165) is 15.6 Å². The van der Waals surface area contributed by atoms with Crippen molar-refractivity contribution in [1.29, 1.82) is 0 Å². The number of aromatic nitrogens is 2. The molecule has 0 saturated heterocycles. The SMILES string of the molecule is NC(c1cncnc1)c1cc(Br)ccc1Cl. The average molecular weight is 299 g/mol. The molecule has 0 fully saturated rings. The molecule has 0 aliphatic carbocycles. The second kappa shape index (κ2) is 4.91. The minimum Gasteiger partial charge on any atom is -0.320 e. The molecule has 1 heterocycles. The number of nitrogens with zero attached hydrogens (tertiary/aromatic N) is 2. The van der Waals surface area contributed by atoms with Crippen molar-refractivity contribution in [2.75, 3.05) is 0 Å². The molecule has 0 amide bonds. The first-order chi connectivity index (χ1) is 7.68. The van der Waals surface area contributed by atoms with Gasteiger partial charge in [0.1, 0.15) is 6.33 Å². The Morgan fingerprint density at radius 3 is 2.62 bits per heavy atom. The fourth-order valence-electron chi connectivity index (χ4n) is 1.40. The Balaban J connectivity index is 2.41. The summed E-state index contributed by atoms with van der Waals surface area (Å²) in [5, 5.41) is 0.638. The van der Waals surface area contributed by atoms with Gasteiger partial charge < -0.3 is 5.73 Å². The second-order valence-electron chi connectivity index (χ2n) is 3.32. The summed E-state index contributed by atoms with van der Waals surface area (Å²) in [5.74, 6) is 0. The van der Waals surface area contributed by atoms with E-state index in [1.807, 2.05) is 18.2 Å². The van der Waals surface area contributed by atoms with E-state index >= 15 is 0 Å². The van der Waals surface area contributed by atoms with Crippen molar-refractivity contribution in [2.24, 2.45) is 5.73 Å². The standard InChI is InChI=1S/C11H9BrClN3/c12-8-1-2-10(13)9(3-8)11(14)7-4-15-6-16-5-7/h1-6,11H,14H2. The van der Waals surface area contributed by atoms with Crippen LogP contribution in [-0.4, -0.2) is 9.97 Å². The first kappa shape index (κ1) is 11.5. The first-order valence-electron chi connectivity index (χ1n) is 4.64. The van der Waals surface area contributed by atoms with E-state index in [4.69, 9.17) is 17.3 Å². The smallest absolute Gasteiger partial charge is 0.115 e. The van der Waals surface area contributed by atoms with E-state index in [9.17, 15) is 0 Å². The third-order valence-electron chi connectivity index (χ3n) is 2.23. The number of benzene rings is 1. The number of nitrogens with two attached hydrogens (primary N) is 1. The summed E-state index contributed by atoms with van der Waals surface area (Å²) in [6, 6.07) is 5.27. The number of rotatable bonds is 2. The molecule has 1 aromatic carbocycles. The quantitative estimate of drug-likeness (QED) is 0.927. The zero-order valence-electron chi connectivity index (χ0n) is 8.27. The predicted octanol–water partition coefficient (Wildman–Crippen LogP) is 2.94. The van der Waals surface area contributed by atoms with Crippen LogP contribution in [0, 0.1) is 0 Å². The molecule has 3 nitrogen and oxygen atoms in total. The Hall–Kier alpha value is -0.970. The molecule has 0 aliphatic heterocycles. The van der Waals surface area contributed by atoms with Crippen molar-refractivity contribution >= 4 is 27.5 Å². The lowest BCUT2D eigenvalue weighted by Gasteiger charge is -2.13. The van der Waals surface area contributed by atoms with Crippen molar-refractivity contribution in [2.45, 2.75) is 6.04 Å². The summed E-state index contributed by atoms with van der Waals surface area (Å²) in [7, 11) is 0. The van der Waals surface area contributed by atoms with Crippen LogP contribution >= 0.6 is 27.5 Å². The van der Waals surface area contributed by atoms with Gasteiger partial charge in [0.15, 0.2) is 0 Å². The molecule has 16 heavy (non-hydrogen) atoms. The molecular weight excluding hydrogens is 289 g/mol. The summed E-state index contributed by atoms with van der Waals surface area (Å²) >= 11 is 9.49. The highest BCUT2D eigenvalue weighted by atomic mass is 79.9. The highest BCUT2D eigenvalue weighted by molar-refractivity contribution is 9.10. The van der Waals surface area contributed by atoms with E-state index in [1.165, 1.54) is 6.33 Å². The maximum absolute atomic E-state index is 6.10. The largest absolute Gasteiger partial charge is 0.320 e. The summed E-state index contributed by atoms with van der Waals surface area (Å²) in [5.41, 5.74) is 7.79. The molecule has 0 radical (unpaired) electrons. The van der Waals surface area contributed by atoms with Gasteiger partial charge in [0.05, 0.1) is 6.04 Å². The summed E-state index contributed by atoms with van der Waals surface area (Å²) in [6.45, 7) is 0. The van der Waals surface area contributed by atoms with Crippen LogP contribution in [0.3, 0.4) is 0 Å². The Morgan fingerprint density at radius 2 is 1.94 bits per heavy atom. The van der Waals surface area contributed by atoms with E-state index in [2.05, 4.69) is 25.9 Å². The van der Waals surface area contributed by atoms with Crippen LogP contribution in [0.4, 0.5) is 0 Å². The molecule has 0 bridgehead atoms. The summed E-state index contributed by atoms with van der Waals surface area (Å²) in [6.07, 6.45) is 4.85. The maximum Gasteiger partial charge on any atom is 0.115 e. The molecule has 1 atom stereocenters. The normalized spacial score (nSPS) is 12.4. The van der Waals surface area contributed by atoms with Crippen molar-refractivity contribution in [3.8, 4) is 0 Å². The van der Waals surface area contributed by atoms with Crippen LogP contribution < -0.4 is 5.73 Å². The lowest BCUT2D eigenvalue weighted by atomic mass is 10.0. The summed E-state index contributed by atoms with van der Waals surface area (Å²) < 4.78 is 0.944. The summed E-state index contributed by atoms with van der Waals surface area (Å²) in [4.78, 5) is 7.87. The second-order valence-corrected chi connectivity index (χ2v) is 4.64. The van der Waals surface area contributed by atoms with Gasteiger partial charge in [0, 0.05) is 27.5 Å². The van der Waals surface area contributed by atoms with Crippen LogP contribution in [0.2, 0.25) is 5.02 Å². The van der Waals surface area contributed by atoms with Gasteiger partial charge in [-0.2, -0.15) is 0 Å². The third kappa shape index (κ3) is 2.40. The molecule has 0 saturated carbocycles. The lowest BCUT2D eigenvalue weighted by molar-refractivity contribution is 0.850. The molecule has 2 rings (SSSR count). The lowest BCUT2D eigenvalue weighted by Crippen LogP contribution is -2.13. The highest BCUT2D eigenvalue weighted by Crippen LogP contribution is 2.28. The van der Waals surface area contributed by atoms with Crippen LogP contribution in [0.5, 0.6) is 0 Å². The van der Waals surface area contributed by atoms with Gasteiger partial charge >= 0.3 is 0 Å². The topological polar surface area (TPSA) is 51.8 Å². The van der Waals surface area contributed by atoms with Gasteiger partial charge in [0.2, 0.25) is 0 Å². The Labute approximate surface area is 107 Å². The molecule has 82 valence electrons. The van der Waals surface area contributed by atoms with E-state index < -0.39 is 0 Å².